The minimum Gasteiger partial charge on any atom is -0.450 e. The van der Waals surface area contributed by atoms with Gasteiger partial charge < -0.3 is 20.4 Å². The van der Waals surface area contributed by atoms with Gasteiger partial charge in [-0.25, -0.2) is 9.78 Å². The van der Waals surface area contributed by atoms with Crippen molar-refractivity contribution in [2.45, 2.75) is 13.8 Å². The van der Waals surface area contributed by atoms with Gasteiger partial charge in [0.1, 0.15) is 6.33 Å². The van der Waals surface area contributed by atoms with E-state index >= 15 is 0 Å². The molecule has 2 amide bonds. The molecule has 0 radical (unpaired) electrons. The number of hydrogen-bond donors (Lipinski definition) is 2. The SMILES string of the molecule is CCOC(=O)N1CC=C(c2cc3c(-c4cccc(-n5cnc6ccccc6c5=O)c4C)ccc(C(N)=O)c3[nH]2)C1. The van der Waals surface area contributed by atoms with Gasteiger partial charge in [0.05, 0.1) is 40.8 Å². The number of primary amides is 1. The highest BCUT2D eigenvalue weighted by molar-refractivity contribution is 6.10. The van der Waals surface area contributed by atoms with Crippen LogP contribution in [0.4, 0.5) is 4.79 Å². The molecule has 0 fully saturated rings. The van der Waals surface area contributed by atoms with Crippen molar-refractivity contribution >= 4 is 39.4 Å². The summed E-state index contributed by atoms with van der Waals surface area (Å²) in [5, 5.41) is 1.35. The van der Waals surface area contributed by atoms with E-state index < -0.39 is 5.91 Å². The highest BCUT2D eigenvalue weighted by Crippen LogP contribution is 2.36. The quantitative estimate of drug-likeness (QED) is 0.336. The summed E-state index contributed by atoms with van der Waals surface area (Å²) in [5.74, 6) is -0.544. The van der Waals surface area contributed by atoms with Crippen molar-refractivity contribution in [3.63, 3.8) is 0 Å². The molecule has 3 N–H and O–H groups in total. The second-order valence-corrected chi connectivity index (χ2v) is 9.69. The van der Waals surface area contributed by atoms with E-state index in [1.807, 2.05) is 61.5 Å². The first-order valence-corrected chi connectivity index (χ1v) is 13.0. The zero-order valence-corrected chi connectivity index (χ0v) is 22.1. The van der Waals surface area contributed by atoms with Crippen LogP contribution in [0.15, 0.2) is 77.9 Å². The molecule has 3 heterocycles. The van der Waals surface area contributed by atoms with Crippen LogP contribution in [0.5, 0.6) is 0 Å². The van der Waals surface area contributed by atoms with Gasteiger partial charge in [0.25, 0.3) is 11.5 Å². The molecule has 0 bridgehead atoms. The molecule has 5 aromatic rings. The van der Waals surface area contributed by atoms with Gasteiger partial charge in [-0.05, 0) is 66.4 Å². The van der Waals surface area contributed by atoms with Gasteiger partial charge in [0, 0.05) is 17.6 Å². The average Bonchev–Trinajstić information content (AvgIpc) is 3.62. The van der Waals surface area contributed by atoms with Gasteiger partial charge >= 0.3 is 6.09 Å². The third-order valence-corrected chi connectivity index (χ3v) is 7.37. The molecular formula is C31H27N5O4. The molecule has 0 saturated carbocycles. The summed E-state index contributed by atoms with van der Waals surface area (Å²) in [6.45, 7) is 4.87. The van der Waals surface area contributed by atoms with Crippen LogP contribution in [0.25, 0.3) is 44.2 Å². The Morgan fingerprint density at radius 3 is 2.67 bits per heavy atom. The number of aromatic amines is 1. The molecule has 0 spiro atoms. The van der Waals surface area contributed by atoms with Crippen LogP contribution < -0.4 is 11.3 Å². The minimum atomic E-state index is -0.544. The van der Waals surface area contributed by atoms with Crippen LogP contribution in [0, 0.1) is 6.92 Å². The summed E-state index contributed by atoms with van der Waals surface area (Å²) in [4.78, 5) is 47.4. The van der Waals surface area contributed by atoms with Crippen LogP contribution in [0.2, 0.25) is 0 Å². The predicted molar refractivity (Wildman–Crippen MR) is 154 cm³/mol. The fourth-order valence-corrected chi connectivity index (χ4v) is 5.35. The van der Waals surface area contributed by atoms with Crippen molar-refractivity contribution in [3.8, 4) is 16.8 Å². The van der Waals surface area contributed by atoms with E-state index in [1.54, 1.807) is 34.9 Å². The second kappa shape index (κ2) is 9.85. The molecule has 0 saturated heterocycles. The minimum absolute atomic E-state index is 0.150. The molecule has 9 heteroatoms. The second-order valence-electron chi connectivity index (χ2n) is 9.69. The maximum atomic E-state index is 13.4. The first-order valence-electron chi connectivity index (χ1n) is 13.0. The number of ether oxygens (including phenoxy) is 1. The van der Waals surface area contributed by atoms with Gasteiger partial charge in [-0.1, -0.05) is 36.4 Å². The molecule has 6 rings (SSSR count). The zero-order chi connectivity index (χ0) is 28.0. The number of benzene rings is 3. The van der Waals surface area contributed by atoms with E-state index in [0.717, 1.165) is 33.3 Å². The Balaban J connectivity index is 1.47. The number of para-hydroxylation sites is 1. The van der Waals surface area contributed by atoms with Gasteiger partial charge in [-0.3, -0.25) is 14.2 Å². The van der Waals surface area contributed by atoms with Crippen molar-refractivity contribution in [1.29, 1.82) is 0 Å². The van der Waals surface area contributed by atoms with Crippen LogP contribution in [0.3, 0.4) is 0 Å². The summed E-state index contributed by atoms with van der Waals surface area (Å²) >= 11 is 0. The fraction of sp³-hybridized carbons (Fsp3) is 0.161. The van der Waals surface area contributed by atoms with E-state index in [4.69, 9.17) is 10.5 Å². The van der Waals surface area contributed by atoms with Crippen LogP contribution in [-0.2, 0) is 4.74 Å². The van der Waals surface area contributed by atoms with E-state index in [-0.39, 0.29) is 11.7 Å². The molecule has 3 aromatic carbocycles. The highest BCUT2D eigenvalue weighted by atomic mass is 16.6. The maximum absolute atomic E-state index is 13.4. The smallest absolute Gasteiger partial charge is 0.410 e. The summed E-state index contributed by atoms with van der Waals surface area (Å²) < 4.78 is 6.70. The number of nitrogens with zero attached hydrogens (tertiary/aromatic N) is 3. The number of carbonyl (C=O) groups is 2. The predicted octanol–water partition coefficient (Wildman–Crippen LogP) is 4.80. The summed E-state index contributed by atoms with van der Waals surface area (Å²) in [6, 6.07) is 18.6. The summed E-state index contributed by atoms with van der Waals surface area (Å²) in [6.07, 6.45) is 3.16. The summed E-state index contributed by atoms with van der Waals surface area (Å²) in [7, 11) is 0. The number of hydrogen-bond acceptors (Lipinski definition) is 5. The Morgan fingerprint density at radius 2 is 1.88 bits per heavy atom. The molecule has 1 aliphatic heterocycles. The number of amides is 2. The Hall–Kier alpha value is -5.18. The average molecular weight is 534 g/mol. The van der Waals surface area contributed by atoms with Crippen molar-refractivity contribution in [1.82, 2.24) is 19.4 Å². The number of carbonyl (C=O) groups excluding carboxylic acids is 2. The lowest BCUT2D eigenvalue weighted by atomic mass is 9.94. The normalized spacial score (nSPS) is 13.2. The fourth-order valence-electron chi connectivity index (χ4n) is 5.35. The first-order chi connectivity index (χ1) is 19.4. The third kappa shape index (κ3) is 4.12. The van der Waals surface area contributed by atoms with Crippen molar-refractivity contribution in [2.75, 3.05) is 19.7 Å². The molecular weight excluding hydrogens is 506 g/mol. The Kier molecular flexibility index (Phi) is 6.18. The van der Waals surface area contributed by atoms with Gasteiger partial charge in [-0.2, -0.15) is 0 Å². The van der Waals surface area contributed by atoms with Crippen molar-refractivity contribution < 1.29 is 14.3 Å². The molecule has 0 aliphatic carbocycles. The molecule has 0 unspecified atom stereocenters. The third-order valence-electron chi connectivity index (χ3n) is 7.37. The molecule has 1 aliphatic rings. The number of nitrogens with two attached hydrogens (primary N) is 1. The Bertz CT molecular complexity index is 1920. The number of H-pyrrole nitrogens is 1. The first kappa shape index (κ1) is 25.1. The van der Waals surface area contributed by atoms with Crippen molar-refractivity contribution in [3.05, 3.63) is 100 Å². The van der Waals surface area contributed by atoms with Gasteiger partial charge in [0.15, 0.2) is 0 Å². The molecule has 200 valence electrons. The van der Waals surface area contributed by atoms with Crippen molar-refractivity contribution in [2.24, 2.45) is 5.73 Å². The van der Waals surface area contributed by atoms with Crippen LogP contribution >= 0.6 is 0 Å². The van der Waals surface area contributed by atoms with Crippen LogP contribution in [0.1, 0.15) is 28.5 Å². The molecule has 0 atom stereocenters. The Labute approximate surface area is 229 Å². The summed E-state index contributed by atoms with van der Waals surface area (Å²) in [5.41, 5.74) is 12.3. The maximum Gasteiger partial charge on any atom is 0.410 e. The molecule has 9 nitrogen and oxygen atoms in total. The molecule has 2 aromatic heterocycles. The lowest BCUT2D eigenvalue weighted by molar-refractivity contribution is 0.100. The van der Waals surface area contributed by atoms with E-state index in [9.17, 15) is 14.4 Å². The van der Waals surface area contributed by atoms with Gasteiger partial charge in [0.2, 0.25) is 0 Å². The lowest BCUT2D eigenvalue weighted by Crippen LogP contribution is -2.29. The lowest BCUT2D eigenvalue weighted by Gasteiger charge is -2.15. The zero-order valence-electron chi connectivity index (χ0n) is 22.1. The number of aromatic nitrogens is 3. The Morgan fingerprint density at radius 1 is 1.05 bits per heavy atom. The van der Waals surface area contributed by atoms with E-state index in [2.05, 4.69) is 9.97 Å². The van der Waals surface area contributed by atoms with E-state index in [0.29, 0.717) is 47.4 Å². The van der Waals surface area contributed by atoms with Gasteiger partial charge in [-0.15, -0.1) is 0 Å². The van der Waals surface area contributed by atoms with E-state index in [1.165, 1.54) is 0 Å². The van der Waals surface area contributed by atoms with Crippen LogP contribution in [-0.4, -0.2) is 51.1 Å². The standard InChI is InChI=1S/C31H27N5O4/c1-3-40-31(39)35-14-13-19(16-35)26-15-24-21(11-12-23(29(32)37)28(24)34-26)20-8-6-10-27(18(20)2)36-17-33-25-9-5-4-7-22(25)30(36)38/h4-13,15,17,34H,3,14,16H2,1-2H3,(H2,32,37). The molecule has 40 heavy (non-hydrogen) atoms. The number of nitrogens with one attached hydrogen (secondary N) is 1. The highest BCUT2D eigenvalue weighted by Gasteiger charge is 2.24. The number of fused-ring (bicyclic) bond motifs is 2. The monoisotopic (exact) mass is 533 g/mol. The topological polar surface area (TPSA) is 123 Å². The number of rotatable bonds is 5. The largest absolute Gasteiger partial charge is 0.450 e.